The Morgan fingerprint density at radius 2 is 1.86 bits per heavy atom. The first-order valence-electron chi connectivity index (χ1n) is 7.39. The number of aromatic nitrogens is 1. The SMILES string of the molecule is Cc1ccc2nc3c(c(C)c2c1)C1OC1c1ccccc1-3. The number of ether oxygens (including phenoxy) is 1. The summed E-state index contributed by atoms with van der Waals surface area (Å²) in [6.45, 7) is 4.33. The molecule has 0 N–H and O–H groups in total. The average molecular weight is 273 g/mol. The third kappa shape index (κ3) is 1.43. The molecule has 3 aromatic rings. The number of pyridine rings is 1. The van der Waals surface area contributed by atoms with Crippen molar-refractivity contribution in [1.29, 1.82) is 0 Å². The van der Waals surface area contributed by atoms with Crippen LogP contribution in [0.3, 0.4) is 0 Å². The average Bonchev–Trinajstić information content (AvgIpc) is 3.29. The van der Waals surface area contributed by atoms with Gasteiger partial charge in [0.1, 0.15) is 12.2 Å². The van der Waals surface area contributed by atoms with Crippen molar-refractivity contribution in [1.82, 2.24) is 4.98 Å². The minimum atomic E-state index is 0.201. The zero-order valence-electron chi connectivity index (χ0n) is 12.1. The maximum Gasteiger partial charge on any atom is 0.116 e. The molecule has 102 valence electrons. The number of aryl methyl sites for hydroxylation is 2. The molecule has 2 aromatic carbocycles. The van der Waals surface area contributed by atoms with E-state index < -0.39 is 0 Å². The summed E-state index contributed by atoms with van der Waals surface area (Å²) in [7, 11) is 0. The molecule has 5 rings (SSSR count). The second-order valence-electron chi connectivity index (χ2n) is 6.08. The van der Waals surface area contributed by atoms with E-state index in [1.165, 1.54) is 33.2 Å². The molecular weight excluding hydrogens is 258 g/mol. The standard InChI is InChI=1S/C19H15NO/c1-10-7-8-15-14(9-10)11(2)16-17(20-15)12-5-3-4-6-13(12)18-19(16)21-18/h3-9,18-19H,1-2H3. The van der Waals surface area contributed by atoms with E-state index >= 15 is 0 Å². The van der Waals surface area contributed by atoms with Crippen LogP contribution in [0.25, 0.3) is 22.2 Å². The van der Waals surface area contributed by atoms with E-state index in [1.807, 2.05) is 0 Å². The monoisotopic (exact) mass is 273 g/mol. The van der Waals surface area contributed by atoms with Gasteiger partial charge in [-0.1, -0.05) is 35.9 Å². The normalized spacial score (nSPS) is 21.6. The Morgan fingerprint density at radius 1 is 1.00 bits per heavy atom. The lowest BCUT2D eigenvalue weighted by atomic mass is 9.85. The zero-order valence-corrected chi connectivity index (χ0v) is 12.1. The molecular formula is C19H15NO. The number of benzene rings is 2. The van der Waals surface area contributed by atoms with Gasteiger partial charge in [-0.25, -0.2) is 4.98 Å². The summed E-state index contributed by atoms with van der Waals surface area (Å²) in [6.07, 6.45) is 0.434. The van der Waals surface area contributed by atoms with Crippen LogP contribution >= 0.6 is 0 Å². The van der Waals surface area contributed by atoms with Gasteiger partial charge >= 0.3 is 0 Å². The van der Waals surface area contributed by atoms with Crippen molar-refractivity contribution in [3.05, 3.63) is 64.7 Å². The first-order chi connectivity index (χ1) is 10.2. The van der Waals surface area contributed by atoms with Crippen molar-refractivity contribution < 1.29 is 4.74 Å². The Hall–Kier alpha value is -2.19. The molecule has 2 aliphatic rings. The smallest absolute Gasteiger partial charge is 0.116 e. The largest absolute Gasteiger partial charge is 0.359 e. The fraction of sp³-hybridized carbons (Fsp3) is 0.211. The van der Waals surface area contributed by atoms with E-state index in [-0.39, 0.29) is 12.2 Å². The molecule has 2 heterocycles. The quantitative estimate of drug-likeness (QED) is 0.557. The topological polar surface area (TPSA) is 25.4 Å². The minimum absolute atomic E-state index is 0.201. The molecule has 1 fully saturated rings. The summed E-state index contributed by atoms with van der Waals surface area (Å²) in [5.41, 5.74) is 8.59. The zero-order chi connectivity index (χ0) is 14.1. The van der Waals surface area contributed by atoms with Crippen molar-refractivity contribution in [2.24, 2.45) is 0 Å². The predicted octanol–water partition coefficient (Wildman–Crippen LogP) is 4.64. The molecule has 2 heteroatoms. The van der Waals surface area contributed by atoms with Crippen LogP contribution in [0.2, 0.25) is 0 Å². The highest BCUT2D eigenvalue weighted by Gasteiger charge is 2.49. The lowest BCUT2D eigenvalue weighted by Gasteiger charge is -2.19. The fourth-order valence-electron chi connectivity index (χ4n) is 3.63. The van der Waals surface area contributed by atoms with E-state index in [0.717, 1.165) is 11.2 Å². The van der Waals surface area contributed by atoms with Crippen molar-refractivity contribution in [2.45, 2.75) is 26.1 Å². The van der Waals surface area contributed by atoms with Crippen LogP contribution in [-0.4, -0.2) is 4.98 Å². The Labute approximate surface area is 123 Å². The number of hydrogen-bond donors (Lipinski definition) is 0. The van der Waals surface area contributed by atoms with Gasteiger partial charge in [0, 0.05) is 16.5 Å². The van der Waals surface area contributed by atoms with Gasteiger partial charge in [0.05, 0.1) is 11.2 Å². The Morgan fingerprint density at radius 3 is 2.76 bits per heavy atom. The molecule has 2 atom stereocenters. The Bertz CT molecular complexity index is 913. The van der Waals surface area contributed by atoms with Crippen LogP contribution in [0.5, 0.6) is 0 Å². The van der Waals surface area contributed by atoms with E-state index in [1.54, 1.807) is 0 Å². The van der Waals surface area contributed by atoms with Crippen molar-refractivity contribution in [3.8, 4) is 11.3 Å². The molecule has 0 amide bonds. The van der Waals surface area contributed by atoms with Gasteiger partial charge in [0.2, 0.25) is 0 Å². The maximum atomic E-state index is 5.95. The summed E-state index contributed by atoms with van der Waals surface area (Å²) in [5.74, 6) is 0. The van der Waals surface area contributed by atoms with E-state index in [4.69, 9.17) is 9.72 Å². The molecule has 1 aliphatic heterocycles. The van der Waals surface area contributed by atoms with Crippen LogP contribution in [0.4, 0.5) is 0 Å². The van der Waals surface area contributed by atoms with E-state index in [2.05, 4.69) is 56.3 Å². The Kier molecular flexibility index (Phi) is 2.03. The van der Waals surface area contributed by atoms with Gasteiger partial charge < -0.3 is 4.74 Å². The van der Waals surface area contributed by atoms with E-state index in [0.29, 0.717) is 0 Å². The maximum absolute atomic E-state index is 5.95. The summed E-state index contributed by atoms with van der Waals surface area (Å²) < 4.78 is 5.95. The minimum Gasteiger partial charge on any atom is -0.359 e. The first-order valence-corrected chi connectivity index (χ1v) is 7.39. The summed E-state index contributed by atoms with van der Waals surface area (Å²) >= 11 is 0. The second-order valence-corrected chi connectivity index (χ2v) is 6.08. The molecule has 0 bridgehead atoms. The molecule has 1 aromatic heterocycles. The molecule has 2 nitrogen and oxygen atoms in total. The molecule has 2 unspecified atom stereocenters. The van der Waals surface area contributed by atoms with Crippen LogP contribution in [-0.2, 0) is 4.74 Å². The number of epoxide rings is 1. The number of rotatable bonds is 0. The van der Waals surface area contributed by atoms with Gasteiger partial charge in [-0.05, 0) is 37.1 Å². The summed E-state index contributed by atoms with van der Waals surface area (Å²) in [5, 5.41) is 1.25. The van der Waals surface area contributed by atoms with Crippen molar-refractivity contribution >= 4 is 10.9 Å². The molecule has 0 saturated carbocycles. The van der Waals surface area contributed by atoms with Gasteiger partial charge in [-0.3, -0.25) is 0 Å². The summed E-state index contributed by atoms with van der Waals surface area (Å²) in [4.78, 5) is 4.96. The molecule has 1 aliphatic carbocycles. The highest BCUT2D eigenvalue weighted by atomic mass is 16.6. The summed E-state index contributed by atoms with van der Waals surface area (Å²) in [6, 6.07) is 15.0. The van der Waals surface area contributed by atoms with Crippen LogP contribution < -0.4 is 0 Å². The Balaban J connectivity index is 1.92. The van der Waals surface area contributed by atoms with Gasteiger partial charge in [-0.15, -0.1) is 0 Å². The highest BCUT2D eigenvalue weighted by Crippen LogP contribution is 2.60. The van der Waals surface area contributed by atoms with Gasteiger partial charge in [-0.2, -0.15) is 0 Å². The van der Waals surface area contributed by atoms with Gasteiger partial charge in [0.15, 0.2) is 0 Å². The number of hydrogen-bond acceptors (Lipinski definition) is 2. The van der Waals surface area contributed by atoms with Crippen molar-refractivity contribution in [3.63, 3.8) is 0 Å². The van der Waals surface area contributed by atoms with Crippen LogP contribution in [0.15, 0.2) is 42.5 Å². The first kappa shape index (κ1) is 11.5. The molecule has 21 heavy (non-hydrogen) atoms. The highest BCUT2D eigenvalue weighted by molar-refractivity contribution is 5.89. The molecule has 0 spiro atoms. The van der Waals surface area contributed by atoms with Gasteiger partial charge in [0.25, 0.3) is 0 Å². The molecule has 1 saturated heterocycles. The third-order valence-corrected chi connectivity index (χ3v) is 4.75. The van der Waals surface area contributed by atoms with Crippen molar-refractivity contribution in [2.75, 3.05) is 0 Å². The second kappa shape index (κ2) is 3.71. The van der Waals surface area contributed by atoms with Crippen LogP contribution in [0, 0.1) is 13.8 Å². The fourth-order valence-corrected chi connectivity index (χ4v) is 3.63. The van der Waals surface area contributed by atoms with E-state index in [9.17, 15) is 0 Å². The third-order valence-electron chi connectivity index (χ3n) is 4.75. The lowest BCUT2D eigenvalue weighted by Crippen LogP contribution is -2.04. The lowest BCUT2D eigenvalue weighted by molar-refractivity contribution is 0.379. The predicted molar refractivity (Wildman–Crippen MR) is 83.2 cm³/mol. The number of fused-ring (bicyclic) bond motifs is 7. The number of nitrogens with zero attached hydrogens (tertiary/aromatic N) is 1. The van der Waals surface area contributed by atoms with Crippen LogP contribution in [0.1, 0.15) is 34.5 Å². The molecule has 0 radical (unpaired) electrons.